The number of anilines is 1. The second-order valence-corrected chi connectivity index (χ2v) is 6.20. The third kappa shape index (κ3) is 4.71. The zero-order chi connectivity index (χ0) is 16.1. The van der Waals surface area contributed by atoms with Gasteiger partial charge in [0.2, 0.25) is 0 Å². The summed E-state index contributed by atoms with van der Waals surface area (Å²) in [5.74, 6) is -0.0477. The van der Waals surface area contributed by atoms with E-state index in [-0.39, 0.29) is 18.1 Å². The van der Waals surface area contributed by atoms with E-state index < -0.39 is 0 Å². The van der Waals surface area contributed by atoms with Crippen LogP contribution < -0.4 is 11.1 Å². The minimum atomic E-state index is -0.0477. The van der Waals surface area contributed by atoms with Crippen molar-refractivity contribution in [2.45, 2.75) is 39.4 Å². The topological polar surface area (TPSA) is 67.6 Å². The summed E-state index contributed by atoms with van der Waals surface area (Å²) in [5, 5.41) is 2.98. The predicted molar refractivity (Wildman–Crippen MR) is 89.0 cm³/mol. The lowest BCUT2D eigenvalue weighted by Crippen LogP contribution is -2.46. The maximum atomic E-state index is 12.2. The van der Waals surface area contributed by atoms with Crippen LogP contribution in [0.5, 0.6) is 0 Å². The zero-order valence-corrected chi connectivity index (χ0v) is 13.8. The van der Waals surface area contributed by atoms with Crippen LogP contribution in [0.2, 0.25) is 0 Å². The summed E-state index contributed by atoms with van der Waals surface area (Å²) in [6, 6.07) is 5.42. The number of nitrogens with zero attached hydrogens (tertiary/aromatic N) is 1. The maximum Gasteiger partial charge on any atom is 0.251 e. The molecule has 2 rings (SSSR count). The summed E-state index contributed by atoms with van der Waals surface area (Å²) in [7, 11) is 0. The molecule has 0 radical (unpaired) electrons. The Bertz CT molecular complexity index is 509. The summed E-state index contributed by atoms with van der Waals surface area (Å²) in [5.41, 5.74) is 7.97. The fraction of sp³-hybridized carbons (Fsp3) is 0.588. The van der Waals surface area contributed by atoms with Gasteiger partial charge >= 0.3 is 0 Å². The number of ether oxygens (including phenoxy) is 1. The summed E-state index contributed by atoms with van der Waals surface area (Å²) < 4.78 is 5.72. The van der Waals surface area contributed by atoms with Crippen LogP contribution in [0, 0.1) is 6.92 Å². The number of carbonyl (C=O) groups excluding carboxylic acids is 1. The molecule has 1 heterocycles. The van der Waals surface area contributed by atoms with Crippen molar-refractivity contribution in [3.05, 3.63) is 29.3 Å². The number of nitrogens with two attached hydrogens (primary N) is 1. The lowest BCUT2D eigenvalue weighted by atomic mass is 10.1. The van der Waals surface area contributed by atoms with Crippen LogP contribution in [0.15, 0.2) is 18.2 Å². The van der Waals surface area contributed by atoms with Crippen molar-refractivity contribution in [3.8, 4) is 0 Å². The molecule has 0 spiro atoms. The minimum absolute atomic E-state index is 0.0477. The summed E-state index contributed by atoms with van der Waals surface area (Å²) in [4.78, 5) is 14.6. The standard InChI is InChI=1S/C17H27N3O2/c1-12-5-6-15(18)9-16(12)17(21)19-7-4-8-20-10-13(2)22-14(3)11-20/h5-6,9,13-14H,4,7-8,10-11,18H2,1-3H3,(H,19,21). The van der Waals surface area contributed by atoms with Crippen LogP contribution >= 0.6 is 0 Å². The second-order valence-electron chi connectivity index (χ2n) is 6.20. The smallest absolute Gasteiger partial charge is 0.251 e. The fourth-order valence-electron chi connectivity index (χ4n) is 2.95. The average molecular weight is 305 g/mol. The first-order chi connectivity index (χ1) is 10.5. The van der Waals surface area contributed by atoms with Crippen molar-refractivity contribution in [1.82, 2.24) is 10.2 Å². The van der Waals surface area contributed by atoms with Crippen LogP contribution in [0.25, 0.3) is 0 Å². The lowest BCUT2D eigenvalue weighted by molar-refractivity contribution is -0.0679. The molecule has 0 saturated carbocycles. The molecule has 1 aromatic rings. The van der Waals surface area contributed by atoms with Gasteiger partial charge in [0, 0.05) is 37.4 Å². The summed E-state index contributed by atoms with van der Waals surface area (Å²) >= 11 is 0. The molecule has 1 aromatic carbocycles. The van der Waals surface area contributed by atoms with Gasteiger partial charge in [0.25, 0.3) is 5.91 Å². The highest BCUT2D eigenvalue weighted by atomic mass is 16.5. The number of rotatable bonds is 5. The Morgan fingerprint density at radius 1 is 1.36 bits per heavy atom. The lowest BCUT2D eigenvalue weighted by Gasteiger charge is -2.35. The fourth-order valence-corrected chi connectivity index (χ4v) is 2.95. The van der Waals surface area contributed by atoms with E-state index in [0.717, 1.165) is 31.6 Å². The first kappa shape index (κ1) is 16.8. The van der Waals surface area contributed by atoms with Gasteiger partial charge in [0.05, 0.1) is 12.2 Å². The Morgan fingerprint density at radius 3 is 2.73 bits per heavy atom. The van der Waals surface area contributed by atoms with E-state index in [4.69, 9.17) is 10.5 Å². The van der Waals surface area contributed by atoms with Crippen LogP contribution in [-0.4, -0.2) is 49.2 Å². The van der Waals surface area contributed by atoms with Gasteiger partial charge in [-0.1, -0.05) is 6.07 Å². The molecule has 1 aliphatic heterocycles. The third-order valence-corrected chi connectivity index (χ3v) is 3.94. The number of hydrogen-bond donors (Lipinski definition) is 2. The highest BCUT2D eigenvalue weighted by Gasteiger charge is 2.21. The molecule has 0 bridgehead atoms. The molecule has 3 N–H and O–H groups in total. The minimum Gasteiger partial charge on any atom is -0.399 e. The monoisotopic (exact) mass is 305 g/mol. The SMILES string of the molecule is Cc1ccc(N)cc1C(=O)NCCCN1CC(C)OC(C)C1. The molecule has 22 heavy (non-hydrogen) atoms. The molecule has 1 amide bonds. The van der Waals surface area contributed by atoms with Crippen LogP contribution in [-0.2, 0) is 4.74 Å². The molecule has 1 saturated heterocycles. The highest BCUT2D eigenvalue weighted by Crippen LogP contribution is 2.13. The number of morpholine rings is 1. The van der Waals surface area contributed by atoms with Gasteiger partial charge < -0.3 is 15.8 Å². The predicted octanol–water partition coefficient (Wildman–Crippen LogP) is 1.81. The van der Waals surface area contributed by atoms with E-state index in [1.807, 2.05) is 19.1 Å². The Kier molecular flexibility index (Phi) is 5.80. The molecule has 5 nitrogen and oxygen atoms in total. The van der Waals surface area contributed by atoms with E-state index in [1.54, 1.807) is 6.07 Å². The van der Waals surface area contributed by atoms with Gasteiger partial charge in [-0.05, 0) is 44.9 Å². The van der Waals surface area contributed by atoms with Crippen molar-refractivity contribution >= 4 is 11.6 Å². The van der Waals surface area contributed by atoms with E-state index in [2.05, 4.69) is 24.1 Å². The second kappa shape index (κ2) is 7.61. The van der Waals surface area contributed by atoms with E-state index in [0.29, 0.717) is 17.8 Å². The first-order valence-corrected chi connectivity index (χ1v) is 7.98. The molecule has 0 aliphatic carbocycles. The molecule has 5 heteroatoms. The number of nitrogen functional groups attached to an aromatic ring is 1. The molecule has 2 atom stereocenters. The largest absolute Gasteiger partial charge is 0.399 e. The maximum absolute atomic E-state index is 12.2. The normalized spacial score (nSPS) is 22.5. The van der Waals surface area contributed by atoms with Crippen LogP contribution in [0.1, 0.15) is 36.2 Å². The number of amides is 1. The Hall–Kier alpha value is -1.59. The van der Waals surface area contributed by atoms with E-state index in [9.17, 15) is 4.79 Å². The molecule has 1 aliphatic rings. The van der Waals surface area contributed by atoms with Crippen molar-refractivity contribution in [2.75, 3.05) is 31.9 Å². The van der Waals surface area contributed by atoms with E-state index >= 15 is 0 Å². The molecule has 0 aromatic heterocycles. The molecule has 122 valence electrons. The third-order valence-electron chi connectivity index (χ3n) is 3.94. The van der Waals surface area contributed by atoms with Crippen LogP contribution in [0.3, 0.4) is 0 Å². The summed E-state index contributed by atoms with van der Waals surface area (Å²) in [6.07, 6.45) is 1.51. The number of carbonyl (C=O) groups is 1. The Labute approximate surface area is 132 Å². The van der Waals surface area contributed by atoms with Gasteiger partial charge in [-0.25, -0.2) is 0 Å². The van der Waals surface area contributed by atoms with Crippen LogP contribution in [0.4, 0.5) is 5.69 Å². The Morgan fingerprint density at radius 2 is 2.05 bits per heavy atom. The first-order valence-electron chi connectivity index (χ1n) is 7.98. The Balaban J connectivity index is 1.74. The number of aryl methyl sites for hydroxylation is 1. The van der Waals surface area contributed by atoms with Gasteiger partial charge in [-0.2, -0.15) is 0 Å². The van der Waals surface area contributed by atoms with Crippen molar-refractivity contribution in [3.63, 3.8) is 0 Å². The number of nitrogens with one attached hydrogen (secondary N) is 1. The summed E-state index contributed by atoms with van der Waals surface area (Å²) in [6.45, 7) is 9.71. The molecular formula is C17H27N3O2. The number of hydrogen-bond acceptors (Lipinski definition) is 4. The molecule has 1 fully saturated rings. The van der Waals surface area contributed by atoms with Crippen molar-refractivity contribution in [2.24, 2.45) is 0 Å². The number of benzene rings is 1. The van der Waals surface area contributed by atoms with Crippen molar-refractivity contribution in [1.29, 1.82) is 0 Å². The molecule has 2 unspecified atom stereocenters. The molecular weight excluding hydrogens is 278 g/mol. The average Bonchev–Trinajstić information content (AvgIpc) is 2.45. The quantitative estimate of drug-likeness (QED) is 0.643. The highest BCUT2D eigenvalue weighted by molar-refractivity contribution is 5.96. The zero-order valence-electron chi connectivity index (χ0n) is 13.8. The van der Waals surface area contributed by atoms with E-state index in [1.165, 1.54) is 0 Å². The van der Waals surface area contributed by atoms with Gasteiger partial charge in [0.15, 0.2) is 0 Å². The van der Waals surface area contributed by atoms with Crippen molar-refractivity contribution < 1.29 is 9.53 Å². The van der Waals surface area contributed by atoms with Gasteiger partial charge in [0.1, 0.15) is 0 Å². The van der Waals surface area contributed by atoms with Gasteiger partial charge in [-0.15, -0.1) is 0 Å². The van der Waals surface area contributed by atoms with Gasteiger partial charge in [-0.3, -0.25) is 9.69 Å².